The van der Waals surface area contributed by atoms with Gasteiger partial charge in [-0.05, 0) is 44.4 Å². The highest BCUT2D eigenvalue weighted by atomic mass is 35.5. The van der Waals surface area contributed by atoms with Crippen molar-refractivity contribution in [2.75, 3.05) is 57.1 Å². The van der Waals surface area contributed by atoms with Crippen molar-refractivity contribution < 1.29 is 14.3 Å². The molecule has 0 radical (unpaired) electrons. The number of nitrogens with zero attached hydrogens (tertiary/aromatic N) is 4. The second-order valence-electron chi connectivity index (χ2n) is 9.92. The summed E-state index contributed by atoms with van der Waals surface area (Å²) >= 11 is 6.39. The molecule has 4 heterocycles. The van der Waals surface area contributed by atoms with E-state index in [9.17, 15) is 4.79 Å². The minimum atomic E-state index is 0.0222. The lowest BCUT2D eigenvalue weighted by atomic mass is 10.0. The fourth-order valence-electron chi connectivity index (χ4n) is 5.10. The highest BCUT2D eigenvalue weighted by molar-refractivity contribution is 6.36. The molecule has 3 aromatic rings. The van der Waals surface area contributed by atoms with Crippen molar-refractivity contribution in [3.63, 3.8) is 0 Å². The number of halogens is 1. The molecule has 1 atom stereocenters. The van der Waals surface area contributed by atoms with Gasteiger partial charge in [0.25, 0.3) is 5.91 Å². The average Bonchev–Trinajstić information content (AvgIpc) is 3.33. The molecule has 2 fully saturated rings. The number of ether oxygens (including phenoxy) is 2. The quantitative estimate of drug-likeness (QED) is 0.382. The van der Waals surface area contributed by atoms with Crippen LogP contribution in [0.2, 0.25) is 5.02 Å². The van der Waals surface area contributed by atoms with Crippen molar-refractivity contribution in [3.8, 4) is 5.75 Å². The molecule has 38 heavy (non-hydrogen) atoms. The first-order chi connectivity index (χ1) is 18.5. The molecule has 0 saturated carbocycles. The Labute approximate surface area is 228 Å². The van der Waals surface area contributed by atoms with E-state index in [1.165, 1.54) is 0 Å². The molecule has 204 valence electrons. The van der Waals surface area contributed by atoms with Gasteiger partial charge in [0.05, 0.1) is 36.4 Å². The standard InChI is InChI=1S/C27H36ClN7O3/c1-4-17(2)30-25-23-20(28)16-29-24(23)32-27(33-25)31-21-6-5-18(15-22(21)37-3)26(36)35-9-7-19(8-10-35)34-11-13-38-14-12-34/h5-6,15-17,19H,4,7-14H2,1-3H3,(H3,29,30,31,32,33). The van der Waals surface area contributed by atoms with Crippen LogP contribution in [0.15, 0.2) is 24.4 Å². The minimum Gasteiger partial charge on any atom is -0.495 e. The Bertz CT molecular complexity index is 1270. The number of anilines is 3. The topological polar surface area (TPSA) is 108 Å². The summed E-state index contributed by atoms with van der Waals surface area (Å²) in [7, 11) is 1.59. The summed E-state index contributed by atoms with van der Waals surface area (Å²) in [6, 6.07) is 6.18. The van der Waals surface area contributed by atoms with Gasteiger partial charge in [-0.15, -0.1) is 0 Å². The summed E-state index contributed by atoms with van der Waals surface area (Å²) in [5.41, 5.74) is 1.90. The minimum absolute atomic E-state index is 0.0222. The van der Waals surface area contributed by atoms with E-state index in [0.29, 0.717) is 45.5 Å². The van der Waals surface area contributed by atoms with Crippen molar-refractivity contribution >= 4 is 46.0 Å². The molecule has 2 aliphatic heterocycles. The fraction of sp³-hybridized carbons (Fsp3) is 0.519. The Morgan fingerprint density at radius 1 is 1.24 bits per heavy atom. The van der Waals surface area contributed by atoms with Gasteiger partial charge in [-0.25, -0.2) is 0 Å². The second-order valence-corrected chi connectivity index (χ2v) is 10.3. The second kappa shape index (κ2) is 11.8. The van der Waals surface area contributed by atoms with Gasteiger partial charge in [0, 0.05) is 50.0 Å². The van der Waals surface area contributed by atoms with Gasteiger partial charge in [-0.2, -0.15) is 9.97 Å². The molecule has 0 aliphatic carbocycles. The number of piperidine rings is 1. The maximum Gasteiger partial charge on any atom is 0.253 e. The number of rotatable bonds is 8. The number of methoxy groups -OCH3 is 1. The van der Waals surface area contributed by atoms with Gasteiger partial charge in [0.1, 0.15) is 17.2 Å². The van der Waals surface area contributed by atoms with E-state index in [1.807, 2.05) is 17.0 Å². The van der Waals surface area contributed by atoms with Gasteiger partial charge < -0.3 is 30.0 Å². The summed E-state index contributed by atoms with van der Waals surface area (Å²) in [6.45, 7) is 9.25. The molecule has 1 amide bonds. The highest BCUT2D eigenvalue weighted by Crippen LogP contribution is 2.33. The van der Waals surface area contributed by atoms with E-state index >= 15 is 0 Å². The smallest absolute Gasteiger partial charge is 0.253 e. The van der Waals surface area contributed by atoms with Crippen molar-refractivity contribution in [1.29, 1.82) is 0 Å². The van der Waals surface area contributed by atoms with Crippen LogP contribution >= 0.6 is 11.6 Å². The van der Waals surface area contributed by atoms with Crippen molar-refractivity contribution in [2.24, 2.45) is 0 Å². The number of fused-ring (bicyclic) bond motifs is 1. The fourth-order valence-corrected chi connectivity index (χ4v) is 5.33. The van der Waals surface area contributed by atoms with Crippen LogP contribution in [0.1, 0.15) is 43.5 Å². The molecule has 1 aromatic carbocycles. The first-order valence-corrected chi connectivity index (χ1v) is 13.7. The number of aromatic amines is 1. The van der Waals surface area contributed by atoms with Crippen LogP contribution in [-0.2, 0) is 4.74 Å². The third-order valence-electron chi connectivity index (χ3n) is 7.49. The Balaban J connectivity index is 1.30. The normalized spacial score (nSPS) is 17.9. The van der Waals surface area contributed by atoms with Crippen LogP contribution in [-0.4, -0.2) is 89.2 Å². The monoisotopic (exact) mass is 541 g/mol. The summed E-state index contributed by atoms with van der Waals surface area (Å²) in [5, 5.41) is 7.98. The van der Waals surface area contributed by atoms with Crippen molar-refractivity contribution in [3.05, 3.63) is 35.0 Å². The number of amides is 1. The van der Waals surface area contributed by atoms with E-state index in [4.69, 9.17) is 21.1 Å². The molecule has 2 aliphatic rings. The molecule has 5 rings (SSSR count). The zero-order valence-electron chi connectivity index (χ0n) is 22.2. The van der Waals surface area contributed by atoms with E-state index in [-0.39, 0.29) is 11.9 Å². The lowest BCUT2D eigenvalue weighted by Gasteiger charge is -2.40. The third kappa shape index (κ3) is 5.67. The molecule has 3 N–H and O–H groups in total. The molecular weight excluding hydrogens is 506 g/mol. The molecular formula is C27H36ClN7O3. The van der Waals surface area contributed by atoms with E-state index < -0.39 is 0 Å². The van der Waals surface area contributed by atoms with Crippen molar-refractivity contribution in [2.45, 2.75) is 45.2 Å². The summed E-state index contributed by atoms with van der Waals surface area (Å²) in [5.74, 6) is 1.62. The zero-order valence-corrected chi connectivity index (χ0v) is 23.0. The van der Waals surface area contributed by atoms with Gasteiger partial charge in [0.2, 0.25) is 5.95 Å². The third-order valence-corrected chi connectivity index (χ3v) is 7.79. The number of benzene rings is 1. The van der Waals surface area contributed by atoms with Gasteiger partial charge >= 0.3 is 0 Å². The van der Waals surface area contributed by atoms with Crippen LogP contribution in [0.25, 0.3) is 11.0 Å². The molecule has 0 bridgehead atoms. The molecule has 2 saturated heterocycles. The number of nitrogens with one attached hydrogen (secondary N) is 3. The number of H-pyrrole nitrogens is 1. The predicted octanol–water partition coefficient (Wildman–Crippen LogP) is 4.51. The van der Waals surface area contributed by atoms with Crippen LogP contribution in [0.3, 0.4) is 0 Å². The number of hydrogen-bond acceptors (Lipinski definition) is 8. The number of hydrogen-bond donors (Lipinski definition) is 3. The van der Waals surface area contributed by atoms with Crippen LogP contribution in [0.4, 0.5) is 17.5 Å². The maximum atomic E-state index is 13.3. The van der Waals surface area contributed by atoms with Crippen LogP contribution < -0.4 is 15.4 Å². The lowest BCUT2D eigenvalue weighted by Crippen LogP contribution is -2.50. The Hall–Kier alpha value is -3.08. The van der Waals surface area contributed by atoms with Gasteiger partial charge in [-0.1, -0.05) is 18.5 Å². The summed E-state index contributed by atoms with van der Waals surface area (Å²) in [6.07, 6.45) is 4.61. The number of morpholine rings is 1. The van der Waals surface area contributed by atoms with Crippen LogP contribution in [0.5, 0.6) is 5.75 Å². The van der Waals surface area contributed by atoms with Gasteiger partial charge in [0.15, 0.2) is 0 Å². The first-order valence-electron chi connectivity index (χ1n) is 13.3. The highest BCUT2D eigenvalue weighted by Gasteiger charge is 2.28. The number of likely N-dealkylation sites (tertiary alicyclic amines) is 1. The summed E-state index contributed by atoms with van der Waals surface area (Å²) in [4.78, 5) is 30.1. The number of carbonyl (C=O) groups is 1. The first kappa shape index (κ1) is 26.5. The van der Waals surface area contributed by atoms with E-state index in [1.54, 1.807) is 19.4 Å². The maximum absolute atomic E-state index is 13.3. The Morgan fingerprint density at radius 3 is 2.71 bits per heavy atom. The van der Waals surface area contributed by atoms with Crippen molar-refractivity contribution in [1.82, 2.24) is 24.8 Å². The Kier molecular flexibility index (Phi) is 8.21. The SMILES string of the molecule is CCC(C)Nc1nc(Nc2ccc(C(=O)N3CCC(N4CCOCC4)CC3)cc2OC)nc2[nH]cc(Cl)c12. The van der Waals surface area contributed by atoms with E-state index in [2.05, 4.69) is 44.3 Å². The lowest BCUT2D eigenvalue weighted by molar-refractivity contribution is 0.00159. The molecule has 10 nitrogen and oxygen atoms in total. The molecule has 11 heteroatoms. The zero-order chi connectivity index (χ0) is 26.6. The average molecular weight is 542 g/mol. The van der Waals surface area contributed by atoms with Crippen LogP contribution in [0, 0.1) is 0 Å². The molecule has 1 unspecified atom stereocenters. The van der Waals surface area contributed by atoms with Gasteiger partial charge in [-0.3, -0.25) is 9.69 Å². The largest absolute Gasteiger partial charge is 0.495 e. The Morgan fingerprint density at radius 2 is 2.00 bits per heavy atom. The molecule has 0 spiro atoms. The summed E-state index contributed by atoms with van der Waals surface area (Å²) < 4.78 is 11.1. The number of aromatic nitrogens is 3. The van der Waals surface area contributed by atoms with E-state index in [0.717, 1.165) is 64.0 Å². The number of carbonyl (C=O) groups excluding carboxylic acids is 1. The predicted molar refractivity (Wildman–Crippen MR) is 150 cm³/mol. The molecule has 2 aromatic heterocycles.